The minimum atomic E-state index is -3.82. The summed E-state index contributed by atoms with van der Waals surface area (Å²) in [6, 6.07) is 21.4. The predicted molar refractivity (Wildman–Crippen MR) is 169 cm³/mol. The van der Waals surface area contributed by atoms with Crippen molar-refractivity contribution in [1.82, 2.24) is 10.2 Å². The Morgan fingerprint density at radius 1 is 0.905 bits per heavy atom. The molecule has 0 aliphatic heterocycles. The molecule has 0 heterocycles. The summed E-state index contributed by atoms with van der Waals surface area (Å²) < 4.78 is 27.2. The van der Waals surface area contributed by atoms with Gasteiger partial charge in [0.2, 0.25) is 21.8 Å². The van der Waals surface area contributed by atoms with Gasteiger partial charge in [-0.2, -0.15) is 0 Å². The lowest BCUT2D eigenvalue weighted by Gasteiger charge is -2.35. The van der Waals surface area contributed by atoms with Gasteiger partial charge in [-0.15, -0.1) is 0 Å². The number of nitrogens with one attached hydrogen (secondary N) is 1. The molecule has 0 unspecified atom stereocenters. The van der Waals surface area contributed by atoms with Crippen molar-refractivity contribution in [3.05, 3.63) is 100 Å². The first-order valence-corrected chi connectivity index (χ1v) is 16.7. The highest BCUT2D eigenvalue weighted by molar-refractivity contribution is 7.92. The summed E-state index contributed by atoms with van der Waals surface area (Å²) >= 11 is 6.29. The lowest BCUT2D eigenvalue weighted by molar-refractivity contribution is -0.140. The maximum Gasteiger partial charge on any atom is 0.244 e. The zero-order valence-corrected chi connectivity index (χ0v) is 26.1. The molecule has 224 valence electrons. The van der Waals surface area contributed by atoms with Gasteiger partial charge in [0.15, 0.2) is 0 Å². The van der Waals surface area contributed by atoms with Crippen LogP contribution >= 0.6 is 11.6 Å². The van der Waals surface area contributed by atoms with Crippen molar-refractivity contribution in [3.63, 3.8) is 0 Å². The number of halogens is 1. The molecular formula is C33H40ClN3O4S. The third-order valence-corrected chi connectivity index (χ3v) is 9.01. The van der Waals surface area contributed by atoms with E-state index in [4.69, 9.17) is 11.6 Å². The van der Waals surface area contributed by atoms with Crippen LogP contribution in [0.3, 0.4) is 0 Å². The molecule has 7 nitrogen and oxygen atoms in total. The van der Waals surface area contributed by atoms with Gasteiger partial charge in [0.05, 0.1) is 11.9 Å². The van der Waals surface area contributed by atoms with Crippen LogP contribution in [0.25, 0.3) is 0 Å². The third kappa shape index (κ3) is 8.82. The lowest BCUT2D eigenvalue weighted by Crippen LogP contribution is -2.55. The summed E-state index contributed by atoms with van der Waals surface area (Å²) in [4.78, 5) is 29.8. The molecule has 2 amide bonds. The van der Waals surface area contributed by atoms with E-state index in [0.29, 0.717) is 10.7 Å². The largest absolute Gasteiger partial charge is 0.352 e. The maximum atomic E-state index is 14.3. The van der Waals surface area contributed by atoms with E-state index < -0.39 is 28.5 Å². The van der Waals surface area contributed by atoms with Crippen LogP contribution in [-0.2, 0) is 32.6 Å². The number of hydrogen-bond donors (Lipinski definition) is 1. The number of rotatable bonds is 11. The van der Waals surface area contributed by atoms with E-state index in [0.717, 1.165) is 64.9 Å². The predicted octanol–water partition coefficient (Wildman–Crippen LogP) is 5.81. The molecule has 3 aromatic rings. The average Bonchev–Trinajstić information content (AvgIpc) is 2.93. The van der Waals surface area contributed by atoms with Gasteiger partial charge in [0.25, 0.3) is 0 Å². The number of hydrogen-bond acceptors (Lipinski definition) is 4. The fourth-order valence-corrected chi connectivity index (χ4v) is 6.68. The van der Waals surface area contributed by atoms with Gasteiger partial charge in [-0.05, 0) is 73.2 Å². The van der Waals surface area contributed by atoms with Gasteiger partial charge >= 0.3 is 0 Å². The Kier molecular flexibility index (Phi) is 10.7. The Hall–Kier alpha value is -3.36. The van der Waals surface area contributed by atoms with E-state index in [1.165, 1.54) is 4.90 Å². The highest BCUT2D eigenvalue weighted by Gasteiger charge is 2.34. The van der Waals surface area contributed by atoms with Crippen molar-refractivity contribution in [1.29, 1.82) is 0 Å². The number of sulfonamides is 1. The fourth-order valence-electron chi connectivity index (χ4n) is 5.64. The van der Waals surface area contributed by atoms with Crippen molar-refractivity contribution < 1.29 is 18.0 Å². The molecule has 0 spiro atoms. The molecule has 9 heteroatoms. The van der Waals surface area contributed by atoms with Gasteiger partial charge in [0.1, 0.15) is 12.6 Å². The Balaban J connectivity index is 1.73. The first-order valence-electron chi connectivity index (χ1n) is 14.4. The number of nitrogens with zero attached hydrogens (tertiary/aromatic N) is 2. The summed E-state index contributed by atoms with van der Waals surface area (Å²) in [5.74, 6) is -0.710. The van der Waals surface area contributed by atoms with Gasteiger partial charge in [-0.3, -0.25) is 13.9 Å². The molecule has 42 heavy (non-hydrogen) atoms. The molecule has 1 fully saturated rings. The molecule has 0 bridgehead atoms. The average molecular weight is 610 g/mol. The first-order chi connectivity index (χ1) is 20.0. The molecule has 1 aliphatic rings. The molecule has 0 saturated heterocycles. The second kappa shape index (κ2) is 14.2. The zero-order valence-electron chi connectivity index (χ0n) is 24.6. The smallest absolute Gasteiger partial charge is 0.244 e. The van der Waals surface area contributed by atoms with E-state index >= 15 is 0 Å². The van der Waals surface area contributed by atoms with Crippen molar-refractivity contribution in [2.24, 2.45) is 0 Å². The monoisotopic (exact) mass is 609 g/mol. The Morgan fingerprint density at radius 2 is 1.55 bits per heavy atom. The van der Waals surface area contributed by atoms with E-state index in [-0.39, 0.29) is 24.9 Å². The first kappa shape index (κ1) is 31.6. The quantitative estimate of drug-likeness (QED) is 0.297. The molecule has 1 N–H and O–H groups in total. The van der Waals surface area contributed by atoms with Crippen LogP contribution in [0.1, 0.15) is 54.4 Å². The van der Waals surface area contributed by atoms with Crippen LogP contribution in [0.2, 0.25) is 5.02 Å². The lowest BCUT2D eigenvalue weighted by atomic mass is 9.94. The maximum absolute atomic E-state index is 14.3. The molecule has 0 aromatic heterocycles. The number of aryl methyl sites for hydroxylation is 2. The van der Waals surface area contributed by atoms with E-state index in [2.05, 4.69) is 5.32 Å². The summed E-state index contributed by atoms with van der Waals surface area (Å²) in [5, 5.41) is 3.72. The van der Waals surface area contributed by atoms with Crippen molar-refractivity contribution in [3.8, 4) is 0 Å². The van der Waals surface area contributed by atoms with Crippen LogP contribution in [0.15, 0.2) is 72.8 Å². The standard InChI is InChI=1S/C33H40ClN3O4S/c1-24-17-25(2)19-30(18-24)37(42(3,40)41)23-32(38)36(22-27-13-10-14-28(34)20-27)31(21-26-11-6-4-7-12-26)33(39)35-29-15-8-5-9-16-29/h4,6-7,10-14,17-20,29,31H,5,8-9,15-16,21-23H2,1-3H3,(H,35,39)/t31-/m0/s1. The van der Waals surface area contributed by atoms with Crippen LogP contribution in [0, 0.1) is 13.8 Å². The van der Waals surface area contributed by atoms with E-state index in [1.54, 1.807) is 30.3 Å². The SMILES string of the molecule is Cc1cc(C)cc(N(CC(=O)N(Cc2cccc(Cl)c2)[C@@H](Cc2ccccc2)C(=O)NC2CCCCC2)S(C)(=O)=O)c1. The summed E-state index contributed by atoms with van der Waals surface area (Å²) in [5.41, 5.74) is 3.83. The number of benzene rings is 3. The molecule has 1 aliphatic carbocycles. The normalized spacial score (nSPS) is 14.7. The Morgan fingerprint density at radius 3 is 2.17 bits per heavy atom. The van der Waals surface area contributed by atoms with Crippen molar-refractivity contribution >= 4 is 39.1 Å². The highest BCUT2D eigenvalue weighted by Crippen LogP contribution is 2.24. The highest BCUT2D eigenvalue weighted by atomic mass is 35.5. The number of carbonyl (C=O) groups excluding carboxylic acids is 2. The molecule has 1 saturated carbocycles. The minimum absolute atomic E-state index is 0.0513. The van der Waals surface area contributed by atoms with Gasteiger partial charge in [0, 0.05) is 24.0 Å². The summed E-state index contributed by atoms with van der Waals surface area (Å²) in [7, 11) is -3.82. The second-order valence-corrected chi connectivity index (χ2v) is 13.7. The van der Waals surface area contributed by atoms with Crippen LogP contribution < -0.4 is 9.62 Å². The van der Waals surface area contributed by atoms with Gasteiger partial charge in [-0.25, -0.2) is 8.42 Å². The number of amides is 2. The summed E-state index contributed by atoms with van der Waals surface area (Å²) in [6.45, 7) is 3.43. The Labute approximate surface area is 254 Å². The van der Waals surface area contributed by atoms with E-state index in [1.807, 2.05) is 56.3 Å². The van der Waals surface area contributed by atoms with Crippen molar-refractivity contribution in [2.75, 3.05) is 17.1 Å². The number of anilines is 1. The molecule has 0 radical (unpaired) electrons. The van der Waals surface area contributed by atoms with Crippen LogP contribution in [0.4, 0.5) is 5.69 Å². The molecule has 1 atom stereocenters. The van der Waals surface area contributed by atoms with Crippen LogP contribution in [-0.4, -0.2) is 50.0 Å². The van der Waals surface area contributed by atoms with E-state index in [9.17, 15) is 18.0 Å². The van der Waals surface area contributed by atoms with Gasteiger partial charge in [-0.1, -0.05) is 79.4 Å². The topological polar surface area (TPSA) is 86.8 Å². The third-order valence-electron chi connectivity index (χ3n) is 7.64. The molecular weight excluding hydrogens is 570 g/mol. The Bertz CT molecular complexity index is 1470. The molecule has 4 rings (SSSR count). The summed E-state index contributed by atoms with van der Waals surface area (Å²) in [6.07, 6.45) is 6.45. The second-order valence-electron chi connectivity index (χ2n) is 11.3. The minimum Gasteiger partial charge on any atom is -0.352 e. The zero-order chi connectivity index (χ0) is 30.3. The van der Waals surface area contributed by atoms with Crippen molar-refractivity contribution in [2.45, 2.75) is 71.0 Å². The number of carbonyl (C=O) groups is 2. The molecule has 3 aromatic carbocycles. The van der Waals surface area contributed by atoms with Gasteiger partial charge < -0.3 is 10.2 Å². The van der Waals surface area contributed by atoms with Crippen LogP contribution in [0.5, 0.6) is 0 Å². The fraction of sp³-hybridized carbons (Fsp3) is 0.394.